The van der Waals surface area contributed by atoms with E-state index in [1.54, 1.807) is 12.1 Å². The van der Waals surface area contributed by atoms with Crippen LogP contribution in [0.25, 0.3) is 0 Å². The van der Waals surface area contributed by atoms with Gasteiger partial charge in [-0.05, 0) is 56.9 Å². The largest absolute Gasteiger partial charge is 0.368 e. The van der Waals surface area contributed by atoms with Crippen molar-refractivity contribution in [2.75, 3.05) is 44.2 Å². The third kappa shape index (κ3) is 3.69. The molecule has 3 aliphatic heterocycles. The van der Waals surface area contributed by atoms with Crippen molar-refractivity contribution in [1.29, 1.82) is 0 Å². The van der Waals surface area contributed by atoms with Crippen molar-refractivity contribution in [3.63, 3.8) is 0 Å². The third-order valence-corrected chi connectivity index (χ3v) is 7.63. The molecule has 1 aliphatic carbocycles. The van der Waals surface area contributed by atoms with Gasteiger partial charge >= 0.3 is 0 Å². The number of halogens is 1. The van der Waals surface area contributed by atoms with Gasteiger partial charge in [-0.25, -0.2) is 9.40 Å². The number of rotatable bonds is 3. The van der Waals surface area contributed by atoms with Crippen molar-refractivity contribution >= 4 is 17.5 Å². The first-order valence-corrected chi connectivity index (χ1v) is 11.7. The van der Waals surface area contributed by atoms with Gasteiger partial charge in [0.25, 0.3) is 0 Å². The summed E-state index contributed by atoms with van der Waals surface area (Å²) in [5.74, 6) is 0.206. The molecule has 3 saturated heterocycles. The highest BCUT2D eigenvalue weighted by atomic mass is 19.1. The number of nitrogens with zero attached hydrogens (tertiary/aromatic N) is 4. The van der Waals surface area contributed by atoms with Crippen molar-refractivity contribution in [2.45, 2.75) is 50.7 Å². The Morgan fingerprint density at radius 2 is 1.81 bits per heavy atom. The lowest BCUT2D eigenvalue weighted by molar-refractivity contribution is -0.157. The summed E-state index contributed by atoms with van der Waals surface area (Å²) >= 11 is 0. The molecule has 31 heavy (non-hydrogen) atoms. The highest BCUT2D eigenvalue weighted by Gasteiger charge is 2.51. The number of nitrogens with one attached hydrogen (secondary N) is 1. The molecule has 4 atom stereocenters. The van der Waals surface area contributed by atoms with Crippen LogP contribution in [0.4, 0.5) is 10.1 Å². The van der Waals surface area contributed by atoms with Crippen molar-refractivity contribution in [3.8, 4) is 0 Å². The minimum atomic E-state index is -0.231. The molecule has 7 nitrogen and oxygen atoms in total. The fourth-order valence-corrected chi connectivity index (χ4v) is 6.03. The van der Waals surface area contributed by atoms with Gasteiger partial charge in [0.1, 0.15) is 11.9 Å². The zero-order valence-electron chi connectivity index (χ0n) is 18.2. The van der Waals surface area contributed by atoms with Gasteiger partial charge in [0.2, 0.25) is 11.8 Å². The van der Waals surface area contributed by atoms with E-state index < -0.39 is 0 Å². The van der Waals surface area contributed by atoms with Crippen LogP contribution in [-0.2, 0) is 9.59 Å². The molecule has 4 unspecified atom stereocenters. The number of carbonyl (C=O) groups is 2. The molecule has 1 aromatic rings. The van der Waals surface area contributed by atoms with Crippen LogP contribution < -0.4 is 10.3 Å². The Kier molecular flexibility index (Phi) is 5.60. The van der Waals surface area contributed by atoms with Crippen molar-refractivity contribution in [1.82, 2.24) is 20.2 Å². The van der Waals surface area contributed by atoms with Crippen LogP contribution >= 0.6 is 0 Å². The van der Waals surface area contributed by atoms with E-state index in [0.29, 0.717) is 25.7 Å². The van der Waals surface area contributed by atoms with E-state index >= 15 is 0 Å². The normalized spacial score (nSPS) is 31.5. The SMILES string of the molecule is CCN1C(=O)C2CCNN2C2CCC(C(=O)N3CCN(c4ccc(F)cc4)CC3)CC21. The molecule has 0 bridgehead atoms. The average Bonchev–Trinajstić information content (AvgIpc) is 3.30. The smallest absolute Gasteiger partial charge is 0.241 e. The predicted octanol–water partition coefficient (Wildman–Crippen LogP) is 1.45. The second-order valence-corrected chi connectivity index (χ2v) is 9.18. The number of hydrogen-bond acceptors (Lipinski definition) is 5. The molecule has 2 amide bonds. The molecule has 4 fully saturated rings. The Morgan fingerprint density at radius 3 is 2.52 bits per heavy atom. The van der Waals surface area contributed by atoms with E-state index in [-0.39, 0.29) is 35.6 Å². The van der Waals surface area contributed by atoms with Crippen molar-refractivity contribution in [3.05, 3.63) is 30.1 Å². The quantitative estimate of drug-likeness (QED) is 0.788. The lowest BCUT2D eigenvalue weighted by Gasteiger charge is -2.52. The van der Waals surface area contributed by atoms with Crippen LogP contribution in [0, 0.1) is 11.7 Å². The van der Waals surface area contributed by atoms with Crippen LogP contribution in [-0.4, -0.2) is 84.0 Å². The van der Waals surface area contributed by atoms with Gasteiger partial charge in [-0.1, -0.05) is 0 Å². The molecular weight excluding hydrogens is 397 g/mol. The Balaban J connectivity index is 1.22. The zero-order chi connectivity index (χ0) is 21.5. The van der Waals surface area contributed by atoms with E-state index in [4.69, 9.17) is 0 Å². The number of piperazine rings is 2. The summed E-state index contributed by atoms with van der Waals surface area (Å²) < 4.78 is 13.2. The Bertz CT molecular complexity index is 826. The molecule has 1 N–H and O–H groups in total. The summed E-state index contributed by atoms with van der Waals surface area (Å²) in [5, 5.41) is 2.20. The lowest BCUT2D eigenvalue weighted by Crippen LogP contribution is -2.68. The molecule has 3 heterocycles. The second-order valence-electron chi connectivity index (χ2n) is 9.18. The topological polar surface area (TPSA) is 59.1 Å². The molecule has 8 heteroatoms. The number of hydrogen-bond donors (Lipinski definition) is 1. The van der Waals surface area contributed by atoms with Gasteiger partial charge in [0, 0.05) is 63.0 Å². The summed E-state index contributed by atoms with van der Waals surface area (Å²) in [4.78, 5) is 32.6. The van der Waals surface area contributed by atoms with Crippen LogP contribution in [0.5, 0.6) is 0 Å². The number of fused-ring (bicyclic) bond motifs is 3. The standard InChI is InChI=1S/C23H32FN5O2/c1-2-28-21-15-16(3-8-19(21)29-20(23(28)31)9-10-25-29)22(30)27-13-11-26(12-14-27)18-6-4-17(24)5-7-18/h4-7,16,19-21,25H,2-3,8-15H2,1H3. The van der Waals surface area contributed by atoms with E-state index in [2.05, 4.69) is 15.3 Å². The maximum Gasteiger partial charge on any atom is 0.241 e. The zero-order valence-corrected chi connectivity index (χ0v) is 18.2. The fourth-order valence-electron chi connectivity index (χ4n) is 6.03. The van der Waals surface area contributed by atoms with Gasteiger partial charge in [-0.2, -0.15) is 0 Å². The maximum absolute atomic E-state index is 13.3. The van der Waals surface area contributed by atoms with E-state index in [1.807, 2.05) is 16.7 Å². The maximum atomic E-state index is 13.3. The lowest BCUT2D eigenvalue weighted by atomic mass is 9.78. The fraction of sp³-hybridized carbons (Fsp3) is 0.652. The minimum Gasteiger partial charge on any atom is -0.368 e. The molecule has 168 valence electrons. The van der Waals surface area contributed by atoms with Crippen molar-refractivity contribution < 1.29 is 14.0 Å². The number of benzene rings is 1. The van der Waals surface area contributed by atoms with Crippen LogP contribution in [0.15, 0.2) is 24.3 Å². The van der Waals surface area contributed by atoms with Gasteiger partial charge in [0.15, 0.2) is 0 Å². The van der Waals surface area contributed by atoms with Crippen molar-refractivity contribution in [2.24, 2.45) is 5.92 Å². The van der Waals surface area contributed by atoms with Crippen LogP contribution in [0.3, 0.4) is 0 Å². The molecule has 0 radical (unpaired) electrons. The second kappa shape index (κ2) is 8.39. The van der Waals surface area contributed by atoms with E-state index in [1.165, 1.54) is 12.1 Å². The summed E-state index contributed by atoms with van der Waals surface area (Å²) in [5.41, 5.74) is 4.43. The Labute approximate surface area is 183 Å². The molecule has 0 aromatic heterocycles. The first-order chi connectivity index (χ1) is 15.1. The molecule has 1 saturated carbocycles. The van der Waals surface area contributed by atoms with E-state index in [0.717, 1.165) is 51.0 Å². The average molecular weight is 430 g/mol. The van der Waals surface area contributed by atoms with Gasteiger partial charge in [-0.15, -0.1) is 0 Å². The van der Waals surface area contributed by atoms with Gasteiger partial charge in [0.05, 0.1) is 0 Å². The third-order valence-electron chi connectivity index (χ3n) is 7.63. The Hall–Kier alpha value is -2.19. The molecule has 4 aliphatic rings. The number of hydrazine groups is 1. The summed E-state index contributed by atoms with van der Waals surface area (Å²) in [6.07, 6.45) is 3.46. The number of carbonyl (C=O) groups excluding carboxylic acids is 2. The molecular formula is C23H32FN5O2. The first kappa shape index (κ1) is 20.7. The van der Waals surface area contributed by atoms with E-state index in [9.17, 15) is 14.0 Å². The van der Waals surface area contributed by atoms with Crippen LogP contribution in [0.1, 0.15) is 32.6 Å². The number of amides is 2. The minimum absolute atomic E-state index is 0.0142. The Morgan fingerprint density at radius 1 is 1.06 bits per heavy atom. The van der Waals surface area contributed by atoms with Gasteiger partial charge in [-0.3, -0.25) is 15.0 Å². The predicted molar refractivity (Wildman–Crippen MR) is 116 cm³/mol. The number of likely N-dealkylation sites (N-methyl/N-ethyl adjacent to an activating group) is 1. The highest BCUT2D eigenvalue weighted by molar-refractivity contribution is 5.84. The number of anilines is 1. The molecule has 5 rings (SSSR count). The van der Waals surface area contributed by atoms with Crippen LogP contribution in [0.2, 0.25) is 0 Å². The molecule has 1 aromatic carbocycles. The highest BCUT2D eigenvalue weighted by Crippen LogP contribution is 2.38. The monoisotopic (exact) mass is 429 g/mol. The summed E-state index contributed by atoms with van der Waals surface area (Å²) in [6, 6.07) is 6.95. The summed E-state index contributed by atoms with van der Waals surface area (Å²) in [6.45, 7) is 6.51. The van der Waals surface area contributed by atoms with Gasteiger partial charge < -0.3 is 14.7 Å². The molecule has 0 spiro atoms. The summed E-state index contributed by atoms with van der Waals surface area (Å²) in [7, 11) is 0. The first-order valence-electron chi connectivity index (χ1n) is 11.7.